The van der Waals surface area contributed by atoms with Gasteiger partial charge in [-0.2, -0.15) is 0 Å². The smallest absolute Gasteiger partial charge is 0.0835 e. The molecule has 0 amide bonds. The van der Waals surface area contributed by atoms with E-state index in [2.05, 4.69) is 28.2 Å². The van der Waals surface area contributed by atoms with Gasteiger partial charge in [0.2, 0.25) is 0 Å². The van der Waals surface area contributed by atoms with Crippen molar-refractivity contribution in [3.63, 3.8) is 0 Å². The Kier molecular flexibility index (Phi) is 5.23. The number of rotatable bonds is 3. The van der Waals surface area contributed by atoms with Crippen molar-refractivity contribution < 1.29 is 0 Å². The molecule has 1 aromatic carbocycles. The minimum absolute atomic E-state index is 0.582. The quantitative estimate of drug-likeness (QED) is 0.659. The normalized spacial score (nSPS) is 24.0. The lowest BCUT2D eigenvalue weighted by molar-refractivity contribution is 0.293. The molecule has 2 rings (SSSR count). The molecule has 0 heterocycles. The van der Waals surface area contributed by atoms with Gasteiger partial charge in [-0.25, -0.2) is 0 Å². The third-order valence-electron chi connectivity index (χ3n) is 3.66. The van der Waals surface area contributed by atoms with Gasteiger partial charge in [0.1, 0.15) is 0 Å². The molecule has 18 heavy (non-hydrogen) atoms. The van der Waals surface area contributed by atoms with Crippen molar-refractivity contribution in [2.45, 2.75) is 32.6 Å². The maximum absolute atomic E-state index is 6.22. The molecule has 0 bridgehead atoms. The molecule has 0 aromatic heterocycles. The number of halogens is 3. The maximum atomic E-state index is 6.22. The van der Waals surface area contributed by atoms with Crippen molar-refractivity contribution >= 4 is 44.8 Å². The summed E-state index contributed by atoms with van der Waals surface area (Å²) in [5.41, 5.74) is 0.933. The van der Waals surface area contributed by atoms with Crippen LogP contribution >= 0.6 is 39.1 Å². The Balaban J connectivity index is 1.96. The van der Waals surface area contributed by atoms with Crippen LogP contribution < -0.4 is 5.32 Å². The first kappa shape index (κ1) is 14.5. The van der Waals surface area contributed by atoms with Crippen molar-refractivity contribution in [1.82, 2.24) is 0 Å². The Morgan fingerprint density at radius 2 is 2.06 bits per heavy atom. The Morgan fingerprint density at radius 1 is 1.28 bits per heavy atom. The number of hydrogen-bond acceptors (Lipinski definition) is 1. The largest absolute Gasteiger partial charge is 0.384 e. The molecule has 0 spiro atoms. The highest BCUT2D eigenvalue weighted by Gasteiger charge is 2.19. The van der Waals surface area contributed by atoms with E-state index in [0.29, 0.717) is 10.0 Å². The zero-order valence-corrected chi connectivity index (χ0v) is 13.6. The van der Waals surface area contributed by atoms with Gasteiger partial charge in [-0.1, -0.05) is 43.0 Å². The minimum Gasteiger partial charge on any atom is -0.384 e. The average molecular weight is 351 g/mol. The van der Waals surface area contributed by atoms with Crippen LogP contribution in [0.2, 0.25) is 10.0 Å². The van der Waals surface area contributed by atoms with Crippen LogP contribution in [-0.4, -0.2) is 6.54 Å². The van der Waals surface area contributed by atoms with Crippen molar-refractivity contribution in [3.05, 3.63) is 26.7 Å². The van der Waals surface area contributed by atoms with Crippen LogP contribution in [-0.2, 0) is 0 Å². The fourth-order valence-corrected chi connectivity index (χ4v) is 3.50. The highest BCUT2D eigenvalue weighted by Crippen LogP contribution is 2.36. The third kappa shape index (κ3) is 3.55. The van der Waals surface area contributed by atoms with Crippen molar-refractivity contribution in [2.75, 3.05) is 11.9 Å². The SMILES string of the molecule is CC1CCCC(CNc2ccc(Br)c(Cl)c2Cl)C1. The molecule has 4 heteroatoms. The van der Waals surface area contributed by atoms with E-state index in [9.17, 15) is 0 Å². The van der Waals surface area contributed by atoms with Crippen LogP contribution in [0, 0.1) is 11.8 Å². The second kappa shape index (κ2) is 6.49. The minimum atomic E-state index is 0.582. The number of anilines is 1. The number of nitrogens with one attached hydrogen (secondary N) is 1. The highest BCUT2D eigenvalue weighted by molar-refractivity contribution is 9.10. The van der Waals surface area contributed by atoms with Crippen LogP contribution in [0.1, 0.15) is 32.6 Å². The van der Waals surface area contributed by atoms with Gasteiger partial charge in [0.05, 0.1) is 15.7 Å². The first-order valence-electron chi connectivity index (χ1n) is 6.45. The molecule has 2 unspecified atom stereocenters. The van der Waals surface area contributed by atoms with E-state index in [1.54, 1.807) is 0 Å². The first-order valence-corrected chi connectivity index (χ1v) is 8.00. The van der Waals surface area contributed by atoms with E-state index < -0.39 is 0 Å². The summed E-state index contributed by atoms with van der Waals surface area (Å²) >= 11 is 15.7. The predicted octanol–water partition coefficient (Wildman–Crippen LogP) is 5.99. The summed E-state index contributed by atoms with van der Waals surface area (Å²) in [6.07, 6.45) is 5.36. The molecule has 1 saturated carbocycles. The van der Waals surface area contributed by atoms with Crippen LogP contribution in [0.15, 0.2) is 16.6 Å². The van der Waals surface area contributed by atoms with Crippen LogP contribution in [0.4, 0.5) is 5.69 Å². The fourth-order valence-electron chi connectivity index (χ4n) is 2.66. The molecule has 1 aliphatic rings. The topological polar surface area (TPSA) is 12.0 Å². The maximum Gasteiger partial charge on any atom is 0.0835 e. The zero-order valence-electron chi connectivity index (χ0n) is 10.5. The van der Waals surface area contributed by atoms with Gasteiger partial charge in [0, 0.05) is 11.0 Å². The number of hydrogen-bond donors (Lipinski definition) is 1. The summed E-state index contributed by atoms with van der Waals surface area (Å²) in [5, 5.41) is 4.62. The molecule has 1 fully saturated rings. The monoisotopic (exact) mass is 349 g/mol. The van der Waals surface area contributed by atoms with Crippen molar-refractivity contribution in [2.24, 2.45) is 11.8 Å². The molecule has 100 valence electrons. The molecule has 1 nitrogen and oxygen atoms in total. The van der Waals surface area contributed by atoms with E-state index in [4.69, 9.17) is 23.2 Å². The van der Waals surface area contributed by atoms with Crippen LogP contribution in [0.3, 0.4) is 0 Å². The zero-order chi connectivity index (χ0) is 13.1. The summed E-state index contributed by atoms with van der Waals surface area (Å²) in [4.78, 5) is 0. The Labute approximate surface area is 127 Å². The van der Waals surface area contributed by atoms with Gasteiger partial charge in [0.15, 0.2) is 0 Å². The summed E-state index contributed by atoms with van der Waals surface area (Å²) in [6.45, 7) is 3.33. The van der Waals surface area contributed by atoms with Gasteiger partial charge < -0.3 is 5.32 Å². The lowest BCUT2D eigenvalue weighted by atomic mass is 9.82. The standard InChI is InChI=1S/C14H18BrCl2N/c1-9-3-2-4-10(7-9)8-18-12-6-5-11(15)13(16)14(12)17/h5-6,9-10,18H,2-4,7-8H2,1H3. The Hall–Kier alpha value is 0.0800. The van der Waals surface area contributed by atoms with Gasteiger partial charge in [-0.05, 0) is 52.7 Å². The molecular formula is C14H18BrCl2N. The van der Waals surface area contributed by atoms with E-state index in [-0.39, 0.29) is 0 Å². The lowest BCUT2D eigenvalue weighted by Crippen LogP contribution is -2.21. The average Bonchev–Trinajstić information content (AvgIpc) is 2.35. The first-order chi connectivity index (χ1) is 8.58. The van der Waals surface area contributed by atoms with Crippen molar-refractivity contribution in [1.29, 1.82) is 0 Å². The van der Waals surface area contributed by atoms with E-state index in [1.807, 2.05) is 12.1 Å². The molecule has 1 N–H and O–H groups in total. The Bertz CT molecular complexity index is 423. The van der Waals surface area contributed by atoms with Crippen LogP contribution in [0.5, 0.6) is 0 Å². The molecule has 0 radical (unpaired) electrons. The molecule has 2 atom stereocenters. The van der Waals surface area contributed by atoms with Gasteiger partial charge >= 0.3 is 0 Å². The van der Waals surface area contributed by atoms with Gasteiger partial charge in [-0.3, -0.25) is 0 Å². The lowest BCUT2D eigenvalue weighted by Gasteiger charge is -2.27. The summed E-state index contributed by atoms with van der Waals surface area (Å²) < 4.78 is 0.839. The third-order valence-corrected chi connectivity index (χ3v) is 5.43. The summed E-state index contributed by atoms with van der Waals surface area (Å²) in [6, 6.07) is 3.91. The molecular weight excluding hydrogens is 333 g/mol. The molecule has 1 aliphatic carbocycles. The highest BCUT2D eigenvalue weighted by atomic mass is 79.9. The van der Waals surface area contributed by atoms with Crippen LogP contribution in [0.25, 0.3) is 0 Å². The summed E-state index contributed by atoms with van der Waals surface area (Å²) in [7, 11) is 0. The number of benzene rings is 1. The van der Waals surface area contributed by atoms with E-state index in [1.165, 1.54) is 25.7 Å². The van der Waals surface area contributed by atoms with Gasteiger partial charge in [-0.15, -0.1) is 0 Å². The second-order valence-corrected chi connectivity index (χ2v) is 6.85. The van der Waals surface area contributed by atoms with E-state index in [0.717, 1.165) is 28.5 Å². The summed E-state index contributed by atoms with van der Waals surface area (Å²) in [5.74, 6) is 1.61. The molecule has 0 aliphatic heterocycles. The molecule has 0 saturated heterocycles. The second-order valence-electron chi connectivity index (χ2n) is 5.24. The van der Waals surface area contributed by atoms with E-state index >= 15 is 0 Å². The Morgan fingerprint density at radius 3 is 2.78 bits per heavy atom. The van der Waals surface area contributed by atoms with Crippen molar-refractivity contribution in [3.8, 4) is 0 Å². The predicted molar refractivity (Wildman–Crippen MR) is 83.8 cm³/mol. The molecule has 1 aromatic rings. The van der Waals surface area contributed by atoms with Gasteiger partial charge in [0.25, 0.3) is 0 Å². The fraction of sp³-hybridized carbons (Fsp3) is 0.571.